The number of phenols is 1. The Labute approximate surface area is 153 Å². The Balaban J connectivity index is 1.88. The average molecular weight is 370 g/mol. The number of benzene rings is 1. The first kappa shape index (κ1) is 16.8. The molecule has 1 aliphatic rings. The third kappa shape index (κ3) is 2.90. The van der Waals surface area contributed by atoms with Crippen molar-refractivity contribution in [3.63, 3.8) is 0 Å². The van der Waals surface area contributed by atoms with E-state index in [1.54, 1.807) is 12.1 Å². The van der Waals surface area contributed by atoms with Gasteiger partial charge in [-0.05, 0) is 18.2 Å². The van der Waals surface area contributed by atoms with Crippen LogP contribution in [0.25, 0.3) is 10.2 Å². The number of nitrogens with zero attached hydrogens (tertiary/aromatic N) is 4. The molecule has 0 amide bonds. The first-order valence-corrected chi connectivity index (χ1v) is 8.95. The van der Waals surface area contributed by atoms with Crippen molar-refractivity contribution in [2.45, 2.75) is 6.04 Å². The molecule has 0 spiro atoms. The summed E-state index contributed by atoms with van der Waals surface area (Å²) in [6.45, 7) is 2.25. The van der Waals surface area contributed by atoms with Crippen molar-refractivity contribution in [2.75, 3.05) is 26.3 Å². The first-order valence-electron chi connectivity index (χ1n) is 8.13. The lowest BCUT2D eigenvalue weighted by atomic mass is 9.98. The van der Waals surface area contributed by atoms with Gasteiger partial charge in [0, 0.05) is 24.8 Å². The van der Waals surface area contributed by atoms with Crippen molar-refractivity contribution in [1.82, 2.24) is 14.9 Å². The summed E-state index contributed by atoms with van der Waals surface area (Å²) < 4.78 is 20.6. The van der Waals surface area contributed by atoms with Crippen LogP contribution >= 0.6 is 11.3 Å². The fraction of sp³-hybridized carbons (Fsp3) is 0.278. The van der Waals surface area contributed by atoms with Crippen LogP contribution < -0.4 is 0 Å². The fourth-order valence-corrected chi connectivity index (χ4v) is 3.98. The normalized spacial score (nSPS) is 16.5. The predicted octanol–water partition coefficient (Wildman–Crippen LogP) is 2.83. The number of hydrogen-bond acceptors (Lipinski definition) is 7. The Morgan fingerprint density at radius 1 is 1.31 bits per heavy atom. The van der Waals surface area contributed by atoms with Gasteiger partial charge in [0.1, 0.15) is 23.2 Å². The number of nitriles is 1. The highest BCUT2D eigenvalue weighted by Gasteiger charge is 2.30. The molecule has 26 heavy (non-hydrogen) atoms. The molecule has 1 aromatic carbocycles. The van der Waals surface area contributed by atoms with E-state index < -0.39 is 11.9 Å². The SMILES string of the molecule is N#Cc1nc2c(O)c(C(c3ncccc3F)N3CCOCC3)ccc2s1. The molecule has 1 fully saturated rings. The van der Waals surface area contributed by atoms with E-state index in [-0.39, 0.29) is 16.5 Å². The summed E-state index contributed by atoms with van der Waals surface area (Å²) in [5.74, 6) is -0.471. The quantitative estimate of drug-likeness (QED) is 0.763. The molecule has 3 heterocycles. The van der Waals surface area contributed by atoms with Gasteiger partial charge in [-0.15, -0.1) is 11.3 Å². The maximum absolute atomic E-state index is 14.5. The topological polar surface area (TPSA) is 82.3 Å². The molecule has 0 radical (unpaired) electrons. The summed E-state index contributed by atoms with van der Waals surface area (Å²) in [5, 5.41) is 20.2. The molecular weight excluding hydrogens is 355 g/mol. The highest BCUT2D eigenvalue weighted by atomic mass is 32.1. The van der Waals surface area contributed by atoms with Crippen molar-refractivity contribution in [1.29, 1.82) is 5.26 Å². The lowest BCUT2D eigenvalue weighted by molar-refractivity contribution is 0.0222. The summed E-state index contributed by atoms with van der Waals surface area (Å²) in [4.78, 5) is 10.5. The van der Waals surface area contributed by atoms with Gasteiger partial charge in [-0.1, -0.05) is 6.07 Å². The van der Waals surface area contributed by atoms with Crippen LogP contribution in [-0.2, 0) is 4.74 Å². The number of fused-ring (bicyclic) bond motifs is 1. The van der Waals surface area contributed by atoms with Gasteiger partial charge in [-0.3, -0.25) is 9.88 Å². The van der Waals surface area contributed by atoms with Crippen LogP contribution in [0, 0.1) is 17.1 Å². The van der Waals surface area contributed by atoms with Gasteiger partial charge < -0.3 is 9.84 Å². The highest BCUT2D eigenvalue weighted by molar-refractivity contribution is 7.19. The molecule has 1 aliphatic heterocycles. The summed E-state index contributed by atoms with van der Waals surface area (Å²) in [7, 11) is 0. The van der Waals surface area contributed by atoms with Gasteiger partial charge >= 0.3 is 0 Å². The third-order valence-corrected chi connectivity index (χ3v) is 5.34. The molecule has 2 aromatic heterocycles. The number of aromatic hydroxyl groups is 1. The molecule has 3 aromatic rings. The van der Waals surface area contributed by atoms with E-state index in [0.717, 1.165) is 0 Å². The second-order valence-electron chi connectivity index (χ2n) is 5.90. The molecular formula is C18H15FN4O2S. The van der Waals surface area contributed by atoms with E-state index in [1.165, 1.54) is 29.7 Å². The molecule has 0 saturated carbocycles. The first-order chi connectivity index (χ1) is 12.7. The Kier molecular flexibility index (Phi) is 4.51. The standard InChI is InChI=1S/C18H15FN4O2S/c19-12-2-1-5-21-15(12)17(23-6-8-25-9-7-23)11-3-4-13-16(18(11)24)22-14(10-20)26-13/h1-5,17,24H,6-9H2. The number of halogens is 1. The molecule has 1 unspecified atom stereocenters. The van der Waals surface area contributed by atoms with E-state index in [2.05, 4.69) is 9.97 Å². The number of phenolic OH excluding ortho intramolecular Hbond substituents is 1. The van der Waals surface area contributed by atoms with E-state index in [0.29, 0.717) is 42.1 Å². The van der Waals surface area contributed by atoms with Gasteiger partial charge in [0.2, 0.25) is 0 Å². The zero-order valence-corrected chi connectivity index (χ0v) is 14.5. The molecule has 0 aliphatic carbocycles. The summed E-state index contributed by atoms with van der Waals surface area (Å²) >= 11 is 1.21. The van der Waals surface area contributed by atoms with Crippen molar-refractivity contribution in [3.05, 3.63) is 52.5 Å². The monoisotopic (exact) mass is 370 g/mol. The third-order valence-electron chi connectivity index (χ3n) is 4.41. The molecule has 1 N–H and O–H groups in total. The van der Waals surface area contributed by atoms with Gasteiger partial charge in [0.05, 0.1) is 29.6 Å². The Hall–Kier alpha value is -2.60. The molecule has 1 atom stereocenters. The van der Waals surface area contributed by atoms with Crippen molar-refractivity contribution in [3.8, 4) is 11.8 Å². The van der Waals surface area contributed by atoms with Crippen molar-refractivity contribution >= 4 is 21.6 Å². The van der Waals surface area contributed by atoms with Gasteiger partial charge in [0.25, 0.3) is 0 Å². The molecule has 4 rings (SSSR count). The minimum Gasteiger partial charge on any atom is -0.505 e. The predicted molar refractivity (Wildman–Crippen MR) is 94.4 cm³/mol. The van der Waals surface area contributed by atoms with E-state index in [4.69, 9.17) is 10.00 Å². The molecule has 0 bridgehead atoms. The molecule has 8 heteroatoms. The van der Waals surface area contributed by atoms with E-state index in [9.17, 15) is 9.50 Å². The van der Waals surface area contributed by atoms with Gasteiger partial charge in [-0.2, -0.15) is 5.26 Å². The summed E-state index contributed by atoms with van der Waals surface area (Å²) in [5.41, 5.74) is 1.13. The van der Waals surface area contributed by atoms with Crippen molar-refractivity contribution in [2.24, 2.45) is 0 Å². The maximum Gasteiger partial charge on any atom is 0.195 e. The fourth-order valence-electron chi connectivity index (χ4n) is 3.22. The summed E-state index contributed by atoms with van der Waals surface area (Å²) in [6.07, 6.45) is 1.54. The van der Waals surface area contributed by atoms with Crippen LogP contribution in [-0.4, -0.2) is 46.3 Å². The maximum atomic E-state index is 14.5. The number of pyridine rings is 1. The highest BCUT2D eigenvalue weighted by Crippen LogP contribution is 2.40. The second-order valence-corrected chi connectivity index (χ2v) is 6.93. The second kappa shape index (κ2) is 6.96. The van der Waals surface area contributed by atoms with Crippen LogP contribution in [0.15, 0.2) is 30.5 Å². The number of hydrogen-bond donors (Lipinski definition) is 1. The Morgan fingerprint density at radius 3 is 2.85 bits per heavy atom. The molecule has 1 saturated heterocycles. The smallest absolute Gasteiger partial charge is 0.195 e. The lowest BCUT2D eigenvalue weighted by Crippen LogP contribution is -2.40. The zero-order valence-electron chi connectivity index (χ0n) is 13.7. The number of rotatable bonds is 3. The molecule has 6 nitrogen and oxygen atoms in total. The number of aromatic nitrogens is 2. The minimum absolute atomic E-state index is 0.0400. The van der Waals surface area contributed by atoms with Crippen LogP contribution in [0.5, 0.6) is 5.75 Å². The largest absolute Gasteiger partial charge is 0.505 e. The zero-order chi connectivity index (χ0) is 18.1. The van der Waals surface area contributed by atoms with Crippen LogP contribution in [0.2, 0.25) is 0 Å². The van der Waals surface area contributed by atoms with Gasteiger partial charge in [0.15, 0.2) is 5.01 Å². The van der Waals surface area contributed by atoms with Crippen LogP contribution in [0.1, 0.15) is 22.3 Å². The van der Waals surface area contributed by atoms with E-state index >= 15 is 0 Å². The van der Waals surface area contributed by atoms with Crippen LogP contribution in [0.3, 0.4) is 0 Å². The average Bonchev–Trinajstić information content (AvgIpc) is 3.10. The van der Waals surface area contributed by atoms with Crippen molar-refractivity contribution < 1.29 is 14.2 Å². The minimum atomic E-state index is -0.559. The Bertz CT molecular complexity index is 995. The number of thiazole rings is 1. The van der Waals surface area contributed by atoms with E-state index in [1.807, 2.05) is 11.0 Å². The number of ether oxygens (including phenoxy) is 1. The molecule has 132 valence electrons. The summed E-state index contributed by atoms with van der Waals surface area (Å²) in [6, 6.07) is 7.90. The lowest BCUT2D eigenvalue weighted by Gasteiger charge is -2.34. The van der Waals surface area contributed by atoms with Crippen LogP contribution in [0.4, 0.5) is 4.39 Å². The van der Waals surface area contributed by atoms with Gasteiger partial charge in [-0.25, -0.2) is 9.37 Å². The number of morpholine rings is 1. The Morgan fingerprint density at radius 2 is 2.12 bits per heavy atom.